The second-order valence-electron chi connectivity index (χ2n) is 6.43. The molecule has 0 aliphatic carbocycles. The Kier molecular flexibility index (Phi) is 7.36. The summed E-state index contributed by atoms with van der Waals surface area (Å²) in [4.78, 5) is 12.2. The van der Waals surface area contributed by atoms with Gasteiger partial charge in [-0.25, -0.2) is 4.98 Å². The average molecular weight is 418 g/mol. The Labute approximate surface area is 163 Å². The highest BCUT2D eigenvalue weighted by Crippen LogP contribution is 2.50. The summed E-state index contributed by atoms with van der Waals surface area (Å²) in [5, 5.41) is 0.174. The van der Waals surface area contributed by atoms with E-state index in [4.69, 9.17) is 31.1 Å². The molecule has 2 rings (SSSR count). The molecular formula is C16H25ClN5O4P. The van der Waals surface area contributed by atoms with E-state index in [9.17, 15) is 4.57 Å². The van der Waals surface area contributed by atoms with Gasteiger partial charge < -0.3 is 24.1 Å². The standard InChI is InChI=1S/C16H25ClN5O4P/c1-6-12(24-9-27(23,25-10(2)3)26-11(4)5)7-22-8-19-13-14(17)20-16(18)21-15(13)22/h6,8,10-12H,1,7,9H2,2-5H3,(H2,18,20,21). The highest BCUT2D eigenvalue weighted by atomic mass is 35.5. The lowest BCUT2D eigenvalue weighted by atomic mass is 10.3. The number of rotatable bonds is 10. The lowest BCUT2D eigenvalue weighted by molar-refractivity contribution is 0.0685. The summed E-state index contributed by atoms with van der Waals surface area (Å²) >= 11 is 6.04. The van der Waals surface area contributed by atoms with Crippen LogP contribution < -0.4 is 5.73 Å². The van der Waals surface area contributed by atoms with Crippen LogP contribution in [0.15, 0.2) is 19.0 Å². The molecule has 1 atom stereocenters. The first-order valence-corrected chi connectivity index (χ1v) is 10.6. The number of ether oxygens (including phenoxy) is 1. The SMILES string of the molecule is C=CC(Cn1cnc2c(Cl)nc(N)nc21)OCP(=O)(OC(C)C)OC(C)C. The van der Waals surface area contributed by atoms with Gasteiger partial charge in [0.25, 0.3) is 0 Å². The van der Waals surface area contributed by atoms with Crippen molar-refractivity contribution in [3.05, 3.63) is 24.1 Å². The van der Waals surface area contributed by atoms with Crippen molar-refractivity contribution in [2.45, 2.75) is 52.6 Å². The second kappa shape index (κ2) is 9.12. The first-order chi connectivity index (χ1) is 12.6. The van der Waals surface area contributed by atoms with Gasteiger partial charge in [-0.3, -0.25) is 4.57 Å². The summed E-state index contributed by atoms with van der Waals surface area (Å²) in [6.07, 6.45) is 1.92. The minimum Gasteiger partial charge on any atom is -0.368 e. The maximum atomic E-state index is 12.9. The smallest absolute Gasteiger partial charge is 0.356 e. The fourth-order valence-corrected chi connectivity index (χ4v) is 4.41. The van der Waals surface area contributed by atoms with Crippen LogP contribution in [0, 0.1) is 0 Å². The zero-order valence-electron chi connectivity index (χ0n) is 15.8. The molecule has 11 heteroatoms. The van der Waals surface area contributed by atoms with Crippen LogP contribution in [0.3, 0.4) is 0 Å². The molecule has 2 aromatic rings. The molecule has 0 aromatic carbocycles. The number of nitrogen functional groups attached to an aromatic ring is 1. The molecular weight excluding hydrogens is 393 g/mol. The van der Waals surface area contributed by atoms with E-state index in [2.05, 4.69) is 21.5 Å². The third-order valence-electron chi connectivity index (χ3n) is 3.27. The molecule has 0 spiro atoms. The number of hydrogen-bond acceptors (Lipinski definition) is 8. The average Bonchev–Trinajstić information content (AvgIpc) is 2.92. The topological polar surface area (TPSA) is 114 Å². The second-order valence-corrected chi connectivity index (χ2v) is 8.69. The van der Waals surface area contributed by atoms with Gasteiger partial charge in [0.2, 0.25) is 5.95 Å². The van der Waals surface area contributed by atoms with E-state index in [0.29, 0.717) is 17.7 Å². The van der Waals surface area contributed by atoms with E-state index < -0.39 is 13.7 Å². The van der Waals surface area contributed by atoms with Gasteiger partial charge in [-0.15, -0.1) is 6.58 Å². The van der Waals surface area contributed by atoms with Gasteiger partial charge in [0.15, 0.2) is 10.8 Å². The van der Waals surface area contributed by atoms with Crippen molar-refractivity contribution < 1.29 is 18.3 Å². The van der Waals surface area contributed by atoms with E-state index in [1.54, 1.807) is 44.7 Å². The van der Waals surface area contributed by atoms with Gasteiger partial charge >= 0.3 is 7.60 Å². The number of nitrogens with zero attached hydrogens (tertiary/aromatic N) is 4. The van der Waals surface area contributed by atoms with Gasteiger partial charge in [-0.2, -0.15) is 9.97 Å². The molecule has 0 saturated heterocycles. The summed E-state index contributed by atoms with van der Waals surface area (Å²) in [6.45, 7) is 11.2. The minimum absolute atomic E-state index is 0.0467. The number of anilines is 1. The molecule has 150 valence electrons. The number of imidazole rings is 1. The van der Waals surface area contributed by atoms with Crippen molar-refractivity contribution in [2.24, 2.45) is 0 Å². The lowest BCUT2D eigenvalue weighted by Gasteiger charge is -2.24. The zero-order chi connectivity index (χ0) is 20.2. The molecule has 0 fully saturated rings. The first-order valence-electron chi connectivity index (χ1n) is 8.47. The van der Waals surface area contributed by atoms with E-state index in [0.717, 1.165) is 0 Å². The minimum atomic E-state index is -3.41. The predicted molar refractivity (Wildman–Crippen MR) is 105 cm³/mol. The fourth-order valence-electron chi connectivity index (χ4n) is 2.36. The highest BCUT2D eigenvalue weighted by molar-refractivity contribution is 7.53. The Morgan fingerprint density at radius 2 is 1.93 bits per heavy atom. The maximum Gasteiger partial charge on any atom is 0.356 e. The molecule has 2 N–H and O–H groups in total. The summed E-state index contributed by atoms with van der Waals surface area (Å²) in [6, 6.07) is 0. The quantitative estimate of drug-likeness (QED) is 0.354. The molecule has 2 aromatic heterocycles. The zero-order valence-corrected chi connectivity index (χ0v) is 17.5. The van der Waals surface area contributed by atoms with Crippen LogP contribution in [0.2, 0.25) is 5.15 Å². The van der Waals surface area contributed by atoms with Crippen molar-refractivity contribution in [3.63, 3.8) is 0 Å². The van der Waals surface area contributed by atoms with Crippen molar-refractivity contribution in [3.8, 4) is 0 Å². The largest absolute Gasteiger partial charge is 0.368 e. The van der Waals surface area contributed by atoms with E-state index in [1.165, 1.54) is 0 Å². The summed E-state index contributed by atoms with van der Waals surface area (Å²) in [5.41, 5.74) is 6.57. The van der Waals surface area contributed by atoms with Crippen molar-refractivity contribution in [2.75, 3.05) is 12.1 Å². The summed E-state index contributed by atoms with van der Waals surface area (Å²) in [7, 11) is -3.41. The van der Waals surface area contributed by atoms with Crippen LogP contribution >= 0.6 is 19.2 Å². The summed E-state index contributed by atoms with van der Waals surface area (Å²) in [5.74, 6) is 0.0467. The number of fused-ring (bicyclic) bond motifs is 1. The molecule has 27 heavy (non-hydrogen) atoms. The van der Waals surface area contributed by atoms with Gasteiger partial charge in [0.1, 0.15) is 11.9 Å². The molecule has 2 heterocycles. The Bertz CT molecular complexity index is 828. The number of hydrogen-bond donors (Lipinski definition) is 1. The Morgan fingerprint density at radius 3 is 2.48 bits per heavy atom. The third kappa shape index (κ3) is 5.99. The van der Waals surface area contributed by atoms with Crippen molar-refractivity contribution in [1.29, 1.82) is 0 Å². The van der Waals surface area contributed by atoms with Gasteiger partial charge in [0, 0.05) is 0 Å². The van der Waals surface area contributed by atoms with Crippen LogP contribution in [-0.4, -0.2) is 44.2 Å². The summed E-state index contributed by atoms with van der Waals surface area (Å²) < 4.78 is 31.3. The van der Waals surface area contributed by atoms with Crippen LogP contribution in [0.1, 0.15) is 27.7 Å². The van der Waals surface area contributed by atoms with Crippen LogP contribution in [0.4, 0.5) is 5.95 Å². The Hall–Kier alpha value is -1.51. The molecule has 0 amide bonds. The van der Waals surface area contributed by atoms with Crippen LogP contribution in [0.5, 0.6) is 0 Å². The third-order valence-corrected chi connectivity index (χ3v) is 5.48. The number of aromatic nitrogens is 4. The predicted octanol–water partition coefficient (Wildman–Crippen LogP) is 3.63. The van der Waals surface area contributed by atoms with Crippen LogP contribution in [0.25, 0.3) is 11.2 Å². The van der Waals surface area contributed by atoms with Crippen molar-refractivity contribution in [1.82, 2.24) is 19.5 Å². The van der Waals surface area contributed by atoms with E-state index in [1.807, 2.05) is 0 Å². The molecule has 0 bridgehead atoms. The maximum absolute atomic E-state index is 12.9. The van der Waals surface area contributed by atoms with Crippen LogP contribution in [-0.2, 0) is 24.9 Å². The Morgan fingerprint density at radius 1 is 1.30 bits per heavy atom. The molecule has 0 aliphatic rings. The normalized spacial score (nSPS) is 13.6. The molecule has 0 aliphatic heterocycles. The highest BCUT2D eigenvalue weighted by Gasteiger charge is 2.29. The number of halogens is 1. The lowest BCUT2D eigenvalue weighted by Crippen LogP contribution is -2.20. The fraction of sp³-hybridized carbons (Fsp3) is 0.562. The molecule has 0 radical (unpaired) electrons. The first kappa shape index (κ1) is 21.8. The number of nitrogens with two attached hydrogens (primary N) is 1. The molecule has 1 unspecified atom stereocenters. The molecule has 0 saturated carbocycles. The van der Waals surface area contributed by atoms with Gasteiger partial charge in [0.05, 0.1) is 31.2 Å². The molecule has 9 nitrogen and oxygen atoms in total. The van der Waals surface area contributed by atoms with Gasteiger partial charge in [-0.1, -0.05) is 17.7 Å². The Balaban J connectivity index is 2.13. The van der Waals surface area contributed by atoms with Crippen molar-refractivity contribution >= 4 is 36.3 Å². The van der Waals surface area contributed by atoms with Gasteiger partial charge in [-0.05, 0) is 27.7 Å². The monoisotopic (exact) mass is 417 g/mol. The van der Waals surface area contributed by atoms with E-state index >= 15 is 0 Å². The van der Waals surface area contributed by atoms with E-state index in [-0.39, 0.29) is 29.7 Å².